The maximum absolute atomic E-state index is 12.2. The third-order valence-corrected chi connectivity index (χ3v) is 4.36. The summed E-state index contributed by atoms with van der Waals surface area (Å²) in [6, 6.07) is 10.3. The Hall–Kier alpha value is -2.28. The highest BCUT2D eigenvalue weighted by atomic mass is 16.2. The van der Waals surface area contributed by atoms with Crippen LogP contribution in [0.3, 0.4) is 0 Å². The lowest BCUT2D eigenvalue weighted by atomic mass is 10.1. The number of nitrogens with one attached hydrogen (secondary N) is 1. The number of hydrogen-bond acceptors (Lipinski definition) is 2. The van der Waals surface area contributed by atoms with Crippen LogP contribution in [0.2, 0.25) is 0 Å². The van der Waals surface area contributed by atoms with E-state index in [4.69, 9.17) is 0 Å². The minimum Gasteiger partial charge on any atom is -0.352 e. The highest BCUT2D eigenvalue weighted by molar-refractivity contribution is 5.89. The molecule has 1 aliphatic carbocycles. The summed E-state index contributed by atoms with van der Waals surface area (Å²) in [7, 11) is 0. The first-order valence-electron chi connectivity index (χ1n) is 7.48. The molecule has 0 unspecified atom stereocenters. The van der Waals surface area contributed by atoms with E-state index in [1.54, 1.807) is 0 Å². The maximum Gasteiger partial charge on any atom is 0.240 e. The van der Waals surface area contributed by atoms with Gasteiger partial charge in [0.05, 0.1) is 11.1 Å². The fraction of sp³-hybridized carbons (Fsp3) is 0.412. The van der Waals surface area contributed by atoms with E-state index in [-0.39, 0.29) is 12.5 Å². The number of carbonyl (C=O) groups excluding carboxylic acids is 1. The average molecular weight is 281 g/mol. The molecule has 21 heavy (non-hydrogen) atoms. The Morgan fingerprint density at radius 1 is 1.38 bits per heavy atom. The predicted octanol–water partition coefficient (Wildman–Crippen LogP) is 2.88. The van der Waals surface area contributed by atoms with Crippen molar-refractivity contribution in [1.82, 2.24) is 9.88 Å². The number of nitrogens with zero attached hydrogens (tertiary/aromatic N) is 2. The van der Waals surface area contributed by atoms with Gasteiger partial charge in [-0.2, -0.15) is 5.26 Å². The lowest BCUT2D eigenvalue weighted by Gasteiger charge is -2.13. The van der Waals surface area contributed by atoms with Gasteiger partial charge in [-0.25, -0.2) is 0 Å². The molecule has 2 aromatic rings. The Labute approximate surface area is 124 Å². The van der Waals surface area contributed by atoms with Crippen LogP contribution in [0.5, 0.6) is 0 Å². The number of nitriles is 1. The van der Waals surface area contributed by atoms with Crippen LogP contribution in [0, 0.1) is 18.3 Å². The summed E-state index contributed by atoms with van der Waals surface area (Å²) in [6.45, 7) is 2.19. The first-order chi connectivity index (χ1) is 10.2. The second kappa shape index (κ2) is 5.61. The molecule has 1 aromatic carbocycles. The Morgan fingerprint density at radius 3 is 2.81 bits per heavy atom. The Kier molecular flexibility index (Phi) is 3.66. The number of rotatable bonds is 3. The van der Waals surface area contributed by atoms with Crippen molar-refractivity contribution in [2.45, 2.75) is 45.2 Å². The molecular formula is C17H19N3O. The van der Waals surface area contributed by atoms with Crippen LogP contribution in [0.4, 0.5) is 0 Å². The van der Waals surface area contributed by atoms with Crippen molar-refractivity contribution >= 4 is 16.8 Å². The normalized spacial score (nSPS) is 15.2. The van der Waals surface area contributed by atoms with Gasteiger partial charge in [-0.05, 0) is 25.8 Å². The van der Waals surface area contributed by atoms with Crippen molar-refractivity contribution < 1.29 is 4.79 Å². The average Bonchev–Trinajstić information content (AvgIpc) is 3.07. The monoisotopic (exact) mass is 281 g/mol. The molecule has 0 atom stereocenters. The molecule has 1 amide bonds. The standard InChI is InChI=1S/C17H19N3O/c1-12-15(10-18)14-8-4-5-9-16(14)20(12)11-17(21)19-13-6-2-3-7-13/h4-5,8-9,13H,2-3,6-7,11H2,1H3,(H,19,21). The second-order valence-corrected chi connectivity index (χ2v) is 5.72. The zero-order valence-electron chi connectivity index (χ0n) is 12.2. The van der Waals surface area contributed by atoms with Crippen molar-refractivity contribution in [3.05, 3.63) is 35.5 Å². The minimum atomic E-state index is 0.0373. The largest absolute Gasteiger partial charge is 0.352 e. The van der Waals surface area contributed by atoms with Crippen LogP contribution in [0.1, 0.15) is 36.9 Å². The van der Waals surface area contributed by atoms with Gasteiger partial charge in [-0.3, -0.25) is 4.79 Å². The SMILES string of the molecule is Cc1c(C#N)c2ccccc2n1CC(=O)NC1CCCC1. The zero-order chi connectivity index (χ0) is 14.8. The van der Waals surface area contributed by atoms with Gasteiger partial charge in [-0.15, -0.1) is 0 Å². The van der Waals surface area contributed by atoms with Crippen LogP contribution >= 0.6 is 0 Å². The van der Waals surface area contributed by atoms with E-state index in [1.165, 1.54) is 12.8 Å². The third-order valence-electron chi connectivity index (χ3n) is 4.36. The first-order valence-corrected chi connectivity index (χ1v) is 7.48. The molecule has 4 heteroatoms. The number of hydrogen-bond donors (Lipinski definition) is 1. The maximum atomic E-state index is 12.2. The van der Waals surface area contributed by atoms with Crippen molar-refractivity contribution in [3.63, 3.8) is 0 Å². The molecule has 0 radical (unpaired) electrons. The van der Waals surface area contributed by atoms with Crippen LogP contribution < -0.4 is 5.32 Å². The fourth-order valence-corrected chi connectivity index (χ4v) is 3.26. The lowest BCUT2D eigenvalue weighted by Crippen LogP contribution is -2.35. The molecule has 1 saturated carbocycles. The molecule has 1 heterocycles. The van der Waals surface area contributed by atoms with Gasteiger partial charge < -0.3 is 9.88 Å². The summed E-state index contributed by atoms with van der Waals surface area (Å²) in [5.41, 5.74) is 2.48. The van der Waals surface area contributed by atoms with Gasteiger partial charge >= 0.3 is 0 Å². The highest BCUT2D eigenvalue weighted by Gasteiger charge is 2.19. The Morgan fingerprint density at radius 2 is 2.10 bits per heavy atom. The molecule has 3 rings (SSSR count). The summed E-state index contributed by atoms with van der Waals surface area (Å²) in [5, 5.41) is 13.4. The molecule has 4 nitrogen and oxygen atoms in total. The molecule has 0 bridgehead atoms. The van der Waals surface area contributed by atoms with E-state index in [0.717, 1.165) is 29.4 Å². The van der Waals surface area contributed by atoms with E-state index in [9.17, 15) is 10.1 Å². The van der Waals surface area contributed by atoms with Crippen molar-refractivity contribution in [1.29, 1.82) is 5.26 Å². The lowest BCUT2D eigenvalue weighted by molar-refractivity contribution is -0.122. The summed E-state index contributed by atoms with van der Waals surface area (Å²) >= 11 is 0. The van der Waals surface area contributed by atoms with E-state index in [2.05, 4.69) is 11.4 Å². The van der Waals surface area contributed by atoms with Gasteiger partial charge in [0.25, 0.3) is 0 Å². The molecule has 1 aromatic heterocycles. The number of para-hydroxylation sites is 1. The summed E-state index contributed by atoms with van der Waals surface area (Å²) in [4.78, 5) is 12.2. The smallest absolute Gasteiger partial charge is 0.240 e. The van der Waals surface area contributed by atoms with Gasteiger partial charge in [0.15, 0.2) is 0 Å². The molecular weight excluding hydrogens is 262 g/mol. The fourth-order valence-electron chi connectivity index (χ4n) is 3.26. The number of fused-ring (bicyclic) bond motifs is 1. The van der Waals surface area contributed by atoms with Crippen LogP contribution in [-0.4, -0.2) is 16.5 Å². The summed E-state index contributed by atoms with van der Waals surface area (Å²) in [6.07, 6.45) is 4.57. The molecule has 0 spiro atoms. The number of benzene rings is 1. The minimum absolute atomic E-state index is 0.0373. The van der Waals surface area contributed by atoms with Gasteiger partial charge in [-0.1, -0.05) is 31.0 Å². The molecule has 108 valence electrons. The second-order valence-electron chi connectivity index (χ2n) is 5.72. The van der Waals surface area contributed by atoms with Crippen LogP contribution in [0.15, 0.2) is 24.3 Å². The first kappa shape index (κ1) is 13.7. The molecule has 0 aliphatic heterocycles. The van der Waals surface area contributed by atoms with Crippen LogP contribution in [0.25, 0.3) is 10.9 Å². The summed E-state index contributed by atoms with van der Waals surface area (Å²) in [5.74, 6) is 0.0373. The van der Waals surface area contributed by atoms with Gasteiger partial charge in [0.2, 0.25) is 5.91 Å². The topological polar surface area (TPSA) is 57.8 Å². The quantitative estimate of drug-likeness (QED) is 0.940. The molecule has 1 aliphatic rings. The Balaban J connectivity index is 1.88. The van der Waals surface area contributed by atoms with E-state index in [0.29, 0.717) is 11.6 Å². The van der Waals surface area contributed by atoms with Gasteiger partial charge in [0.1, 0.15) is 12.6 Å². The Bertz CT molecular complexity index is 717. The van der Waals surface area contributed by atoms with Crippen LogP contribution in [-0.2, 0) is 11.3 Å². The van der Waals surface area contributed by atoms with E-state index >= 15 is 0 Å². The number of carbonyl (C=O) groups is 1. The molecule has 1 fully saturated rings. The zero-order valence-corrected chi connectivity index (χ0v) is 12.2. The van der Waals surface area contributed by atoms with Crippen molar-refractivity contribution in [2.24, 2.45) is 0 Å². The highest BCUT2D eigenvalue weighted by Crippen LogP contribution is 2.25. The van der Waals surface area contributed by atoms with E-state index < -0.39 is 0 Å². The number of aromatic nitrogens is 1. The van der Waals surface area contributed by atoms with E-state index in [1.807, 2.05) is 35.8 Å². The van der Waals surface area contributed by atoms with Gasteiger partial charge in [0, 0.05) is 17.1 Å². The predicted molar refractivity (Wildman–Crippen MR) is 81.8 cm³/mol. The third kappa shape index (κ3) is 2.52. The number of amides is 1. The van der Waals surface area contributed by atoms with Crippen molar-refractivity contribution in [2.75, 3.05) is 0 Å². The van der Waals surface area contributed by atoms with Crippen molar-refractivity contribution in [3.8, 4) is 6.07 Å². The summed E-state index contributed by atoms with van der Waals surface area (Å²) < 4.78 is 1.94. The molecule has 1 N–H and O–H groups in total. The molecule has 0 saturated heterocycles.